The number of sulfonamides is 1. The molecule has 4 aromatic heterocycles. The van der Waals surface area contributed by atoms with E-state index in [4.69, 9.17) is 66.3 Å². The Balaban J connectivity index is 0.000000131. The van der Waals surface area contributed by atoms with E-state index in [1.165, 1.54) is 149 Å². The van der Waals surface area contributed by atoms with Crippen molar-refractivity contribution in [1.82, 2.24) is 57.2 Å². The summed E-state index contributed by atoms with van der Waals surface area (Å²) in [7, 11) is -3.10. The molecule has 0 atom stereocenters. The zero-order valence-electron chi connectivity index (χ0n) is 76.2. The van der Waals surface area contributed by atoms with Crippen molar-refractivity contribution in [2.24, 2.45) is 23.7 Å². The quantitative estimate of drug-likeness (QED) is 0.0689. The fourth-order valence-electron chi connectivity index (χ4n) is 18.7. The SMILES string of the molecule is CC(=O)N1CCC(Cc2nc3cc(C)c(C)cc3n2Cc2ccc(Cl)cc2)CC1.Cc1cc2nc(CC3CCN(S(C)(=O)=O)CC3)n(Cc3ccc(Cl)cc3)c2cc1C.Cc1ccc(CN2CCC(Cc3nc4cc(C)c(C)cc4n3Cc3ccc(Cl)cc3)CC2)cc1.Cc1ccc(CN2CCC(Cc3nc4cc(C)c(C)cc4n3Cc3ccc(Cl)cc3)CC2)cc1. The van der Waals surface area contributed by atoms with Crippen LogP contribution in [-0.4, -0.2) is 130 Å². The minimum absolute atomic E-state index is 0.185. The number of hydrogen-bond donors (Lipinski definition) is 0. The van der Waals surface area contributed by atoms with Gasteiger partial charge in [-0.3, -0.25) is 14.6 Å². The fourth-order valence-corrected chi connectivity index (χ4v) is 20.0. The van der Waals surface area contributed by atoms with Crippen molar-refractivity contribution in [3.8, 4) is 0 Å². The highest BCUT2D eigenvalue weighted by Crippen LogP contribution is 2.35. The number of rotatable bonds is 21. The highest BCUT2D eigenvalue weighted by molar-refractivity contribution is 7.88. The summed E-state index contributed by atoms with van der Waals surface area (Å²) in [6.07, 6.45) is 13.9. The first-order valence-corrected chi connectivity index (χ1v) is 49.0. The van der Waals surface area contributed by atoms with Gasteiger partial charge in [-0.15, -0.1) is 0 Å². The summed E-state index contributed by atoms with van der Waals surface area (Å²) in [5.74, 6) is 7.18. The number of hydrogen-bond acceptors (Lipinski definition) is 9. The van der Waals surface area contributed by atoms with Crippen LogP contribution in [-0.2, 0) is 79.8 Å². The summed E-state index contributed by atoms with van der Waals surface area (Å²) in [5, 5.41) is 3.05. The maximum Gasteiger partial charge on any atom is 0.219 e. The Kier molecular flexibility index (Phi) is 30.2. The van der Waals surface area contributed by atoms with E-state index in [-0.39, 0.29) is 5.91 Å². The van der Waals surface area contributed by atoms with Crippen molar-refractivity contribution in [3.05, 3.63) is 327 Å². The van der Waals surface area contributed by atoms with Gasteiger partial charge in [-0.05, 0) is 345 Å². The molecule has 4 aliphatic rings. The molecule has 4 fully saturated rings. The van der Waals surface area contributed by atoms with Crippen molar-refractivity contribution in [2.45, 2.75) is 192 Å². The van der Waals surface area contributed by atoms with E-state index in [1.807, 2.05) is 53.4 Å². The summed E-state index contributed by atoms with van der Waals surface area (Å²) in [6.45, 7) is 36.1. The number of carbonyl (C=O) groups excluding carboxylic acids is 1. The Morgan fingerprint density at radius 3 is 0.756 bits per heavy atom. The lowest BCUT2D eigenvalue weighted by molar-refractivity contribution is -0.130. The van der Waals surface area contributed by atoms with Crippen LogP contribution < -0.4 is 0 Å². The lowest BCUT2D eigenvalue weighted by Crippen LogP contribution is -2.38. The number of amides is 1. The van der Waals surface area contributed by atoms with Crippen molar-refractivity contribution in [2.75, 3.05) is 58.6 Å². The zero-order valence-corrected chi connectivity index (χ0v) is 80.0. The van der Waals surface area contributed by atoms with Gasteiger partial charge in [0.1, 0.15) is 23.3 Å². The Morgan fingerprint density at radius 2 is 0.520 bits per heavy atom. The van der Waals surface area contributed by atoms with Gasteiger partial charge in [-0.2, -0.15) is 0 Å². The molecule has 0 saturated carbocycles. The van der Waals surface area contributed by atoms with Crippen molar-refractivity contribution in [3.63, 3.8) is 0 Å². The predicted octanol–water partition coefficient (Wildman–Crippen LogP) is 24.0. The molecule has 18 rings (SSSR count). The third kappa shape index (κ3) is 24.0. The molecule has 1 amide bonds. The van der Waals surface area contributed by atoms with Gasteiger partial charge in [0.25, 0.3) is 0 Å². The van der Waals surface area contributed by atoms with Crippen LogP contribution >= 0.6 is 46.4 Å². The number of fused-ring (bicyclic) bond motifs is 4. The number of nitrogens with zero attached hydrogens (tertiary/aromatic N) is 12. The molecule has 0 radical (unpaired) electrons. The van der Waals surface area contributed by atoms with E-state index in [9.17, 15) is 13.2 Å². The molecule has 4 aliphatic heterocycles. The first kappa shape index (κ1) is 92.3. The molecule has 20 heteroatoms. The van der Waals surface area contributed by atoms with Gasteiger partial charge in [-0.25, -0.2) is 32.7 Å². The number of carbonyl (C=O) groups is 1. The lowest BCUT2D eigenvalue weighted by atomic mass is 9.93. The fraction of sp³-hybridized carbons (Fsp3) is 0.393. The standard InChI is InChI=1S/2C30H34ClN3.C24H28ClN3O.C23H28ClN3O2S/c2*1-21-4-6-25(7-5-21)19-33-14-12-24(13-15-33)18-30-32-28-16-22(2)23(3)17-29(28)34(30)20-26-8-10-27(31)11-9-26;1-16-12-22-23(13-17(16)2)28(15-20-4-6-21(25)7-5-20)24(26-22)14-19-8-10-27(11-9-19)18(3)29;1-16-12-21-22(13-17(16)2)27(15-19-4-6-20(24)7-5-19)23(25-21)14-18-8-10-26(11-9-18)30(3,28)29/h2*4-11,16-17,24H,12-15,18-20H2,1-3H3;4-7,12-13,19H,8-11,14-15H2,1-3H3;4-7,12-13,18H,8-11,14-15H2,1-3H3. The van der Waals surface area contributed by atoms with E-state index in [0.29, 0.717) is 36.8 Å². The lowest BCUT2D eigenvalue weighted by Gasteiger charge is -2.32. The van der Waals surface area contributed by atoms with E-state index in [0.717, 1.165) is 189 Å². The Hall–Kier alpha value is -9.46. The molecule has 127 heavy (non-hydrogen) atoms. The summed E-state index contributed by atoms with van der Waals surface area (Å²) < 4.78 is 34.8. The van der Waals surface area contributed by atoms with Crippen LogP contribution in [0.2, 0.25) is 20.1 Å². The Bertz CT molecular complexity index is 6040. The number of imidazole rings is 4. The maximum absolute atomic E-state index is 11.8. The third-order valence-corrected chi connectivity index (χ3v) is 29.6. The molecule has 4 saturated heterocycles. The van der Waals surface area contributed by atoms with Crippen LogP contribution in [0.4, 0.5) is 0 Å². The molecule has 0 unspecified atom stereocenters. The maximum atomic E-state index is 11.8. The average molecular weight is 1800 g/mol. The number of likely N-dealkylation sites (tertiary alicyclic amines) is 3. The molecular formula is C107H124Cl4N12O3S. The molecule has 15 nitrogen and oxygen atoms in total. The average Bonchev–Trinajstić information content (AvgIpc) is 1.65. The second-order valence-corrected chi connectivity index (χ2v) is 40.7. The first-order valence-electron chi connectivity index (χ1n) is 45.6. The molecule has 8 heterocycles. The normalized spacial score (nSPS) is 15.5. The molecule has 14 aromatic rings. The summed E-state index contributed by atoms with van der Waals surface area (Å²) in [5.41, 5.74) is 29.9. The number of aromatic nitrogens is 8. The number of piperidine rings is 4. The molecule has 0 bridgehead atoms. The van der Waals surface area contributed by atoms with Crippen LogP contribution in [0.5, 0.6) is 0 Å². The number of benzene rings is 10. The minimum atomic E-state index is -3.10. The number of halogens is 4. The van der Waals surface area contributed by atoms with Crippen LogP contribution in [0.15, 0.2) is 194 Å². The largest absolute Gasteiger partial charge is 0.343 e. The molecular weight excluding hydrogens is 1680 g/mol. The minimum Gasteiger partial charge on any atom is -0.343 e. The van der Waals surface area contributed by atoms with E-state index < -0.39 is 10.0 Å². The third-order valence-electron chi connectivity index (χ3n) is 27.2. The van der Waals surface area contributed by atoms with E-state index in [1.54, 1.807) is 11.2 Å². The number of aryl methyl sites for hydroxylation is 10. The van der Waals surface area contributed by atoms with Crippen molar-refractivity contribution >= 4 is 106 Å². The second kappa shape index (κ2) is 41.5. The summed E-state index contributed by atoms with van der Waals surface area (Å²) in [6, 6.07) is 68.4. The van der Waals surface area contributed by atoms with E-state index >= 15 is 0 Å². The van der Waals surface area contributed by atoms with E-state index in [2.05, 4.69) is 243 Å². The van der Waals surface area contributed by atoms with Crippen LogP contribution in [0.1, 0.15) is 171 Å². The second-order valence-electron chi connectivity index (χ2n) is 36.9. The highest BCUT2D eigenvalue weighted by Gasteiger charge is 2.30. The molecule has 10 aromatic carbocycles. The summed E-state index contributed by atoms with van der Waals surface area (Å²) >= 11 is 24.4. The van der Waals surface area contributed by atoms with Crippen LogP contribution in [0.3, 0.4) is 0 Å². The Labute approximate surface area is 772 Å². The molecule has 0 spiro atoms. The molecule has 0 N–H and O–H groups in total. The van der Waals surface area contributed by atoms with Gasteiger partial charge in [0.05, 0.1) is 50.4 Å². The van der Waals surface area contributed by atoms with Gasteiger partial charge in [-0.1, -0.05) is 155 Å². The smallest absolute Gasteiger partial charge is 0.219 e. The highest BCUT2D eigenvalue weighted by atomic mass is 35.5. The van der Waals surface area contributed by atoms with Gasteiger partial charge in [0.2, 0.25) is 15.9 Å². The predicted molar refractivity (Wildman–Crippen MR) is 526 cm³/mol. The van der Waals surface area contributed by atoms with Crippen LogP contribution in [0.25, 0.3) is 44.1 Å². The van der Waals surface area contributed by atoms with Crippen molar-refractivity contribution < 1.29 is 13.2 Å². The zero-order chi connectivity index (χ0) is 89.3. The van der Waals surface area contributed by atoms with Crippen LogP contribution in [0, 0.1) is 92.9 Å². The summed E-state index contributed by atoms with van der Waals surface area (Å²) in [4.78, 5) is 39.1. The molecule has 664 valence electrons. The first-order chi connectivity index (χ1) is 61.0. The van der Waals surface area contributed by atoms with Gasteiger partial charge in [0.15, 0.2) is 0 Å². The monoisotopic (exact) mass is 1800 g/mol. The van der Waals surface area contributed by atoms with Gasteiger partial charge in [0, 0.05) is 118 Å². The van der Waals surface area contributed by atoms with Gasteiger partial charge >= 0.3 is 0 Å². The Morgan fingerprint density at radius 1 is 0.307 bits per heavy atom. The van der Waals surface area contributed by atoms with Gasteiger partial charge < -0.3 is 23.2 Å². The molecule has 0 aliphatic carbocycles. The topological polar surface area (TPSA) is 135 Å². The van der Waals surface area contributed by atoms with Crippen molar-refractivity contribution in [1.29, 1.82) is 0 Å².